The number of ether oxygens (including phenoxy) is 1. The van der Waals surface area contributed by atoms with E-state index in [1.807, 2.05) is 0 Å². The molecule has 0 fully saturated rings. The molecule has 0 aliphatic carbocycles. The second-order valence-electron chi connectivity index (χ2n) is 3.62. The third-order valence-electron chi connectivity index (χ3n) is 2.12. The highest BCUT2D eigenvalue weighted by Crippen LogP contribution is 2.12. The van der Waals surface area contributed by atoms with Crippen molar-refractivity contribution >= 4 is 12.1 Å². The lowest BCUT2D eigenvalue weighted by atomic mass is 10.1. The van der Waals surface area contributed by atoms with E-state index in [0.717, 1.165) is 5.56 Å². The smallest absolute Gasteiger partial charge is 0.413 e. The Labute approximate surface area is 113 Å². The molecule has 4 N–H and O–H groups in total. The normalized spacial score (nSPS) is 10.3. The van der Waals surface area contributed by atoms with Gasteiger partial charge in [-0.15, -0.1) is 0 Å². The number of hydrogen-bond acceptors (Lipinski definition) is 7. The lowest BCUT2D eigenvalue weighted by molar-refractivity contribution is -0.492. The Morgan fingerprint density at radius 1 is 1.20 bits per heavy atom. The number of carbonyl (C=O) groups excluding carboxylic acids is 1. The van der Waals surface area contributed by atoms with Gasteiger partial charge in [-0.3, -0.25) is 20.0 Å². The van der Waals surface area contributed by atoms with Crippen molar-refractivity contribution in [2.24, 2.45) is 0 Å². The summed E-state index contributed by atoms with van der Waals surface area (Å²) in [6.07, 6.45) is -0.442. The number of benzene rings is 1. The van der Waals surface area contributed by atoms with E-state index in [2.05, 4.69) is 10.2 Å². The van der Waals surface area contributed by atoms with Crippen molar-refractivity contribution in [1.29, 1.82) is 0 Å². The first kappa shape index (κ1) is 15.9. The van der Waals surface area contributed by atoms with E-state index in [0.29, 0.717) is 6.42 Å². The van der Waals surface area contributed by atoms with Crippen LogP contribution in [0.1, 0.15) is 5.56 Å². The van der Waals surface area contributed by atoms with Crippen LogP contribution in [0.15, 0.2) is 24.3 Å². The SMILES string of the molecule is O=C(O)CNC(=O)Oc1ccc(CCON(O)O)cc1. The number of hydrogen-bond donors (Lipinski definition) is 4. The Morgan fingerprint density at radius 3 is 2.40 bits per heavy atom. The number of rotatable bonds is 7. The zero-order valence-corrected chi connectivity index (χ0v) is 10.4. The number of nitrogens with one attached hydrogen (secondary N) is 1. The molecular formula is C11H14N2O7. The zero-order valence-electron chi connectivity index (χ0n) is 10.4. The van der Waals surface area contributed by atoms with Gasteiger partial charge in [0.15, 0.2) is 0 Å². The summed E-state index contributed by atoms with van der Waals surface area (Å²) in [6, 6.07) is 6.35. The van der Waals surface area contributed by atoms with Crippen LogP contribution in [0.5, 0.6) is 5.75 Å². The van der Waals surface area contributed by atoms with Crippen LogP contribution in [0.25, 0.3) is 0 Å². The second-order valence-corrected chi connectivity index (χ2v) is 3.62. The van der Waals surface area contributed by atoms with Gasteiger partial charge < -0.3 is 15.2 Å². The molecule has 0 aromatic heterocycles. The Balaban J connectivity index is 2.38. The number of aliphatic carboxylic acids is 1. The van der Waals surface area contributed by atoms with Gasteiger partial charge in [-0.25, -0.2) is 4.79 Å². The van der Waals surface area contributed by atoms with Crippen molar-refractivity contribution in [2.45, 2.75) is 6.42 Å². The highest BCUT2D eigenvalue weighted by atomic mass is 17.1. The molecule has 0 saturated heterocycles. The summed E-state index contributed by atoms with van der Waals surface area (Å²) in [4.78, 5) is 25.8. The average Bonchev–Trinajstić information content (AvgIpc) is 2.38. The molecule has 20 heavy (non-hydrogen) atoms. The highest BCUT2D eigenvalue weighted by Gasteiger charge is 2.06. The maximum Gasteiger partial charge on any atom is 0.413 e. The van der Waals surface area contributed by atoms with E-state index in [1.54, 1.807) is 12.1 Å². The molecule has 1 amide bonds. The van der Waals surface area contributed by atoms with Gasteiger partial charge in [0, 0.05) is 0 Å². The fraction of sp³-hybridized carbons (Fsp3) is 0.273. The van der Waals surface area contributed by atoms with E-state index in [-0.39, 0.29) is 17.7 Å². The minimum atomic E-state index is -1.17. The van der Waals surface area contributed by atoms with Crippen LogP contribution >= 0.6 is 0 Å². The second kappa shape index (κ2) is 8.07. The van der Waals surface area contributed by atoms with Gasteiger partial charge >= 0.3 is 12.1 Å². The van der Waals surface area contributed by atoms with Gasteiger partial charge in [0.1, 0.15) is 12.3 Å². The first-order valence-corrected chi connectivity index (χ1v) is 5.54. The molecule has 0 aliphatic heterocycles. The van der Waals surface area contributed by atoms with Gasteiger partial charge in [0.25, 0.3) is 0 Å². The summed E-state index contributed by atoms with van der Waals surface area (Å²) >= 11 is 0. The van der Waals surface area contributed by atoms with E-state index in [9.17, 15) is 9.59 Å². The maximum absolute atomic E-state index is 11.2. The number of carboxylic acid groups (broad SMARTS) is 1. The monoisotopic (exact) mass is 286 g/mol. The van der Waals surface area contributed by atoms with Crippen molar-refractivity contribution in [1.82, 2.24) is 10.7 Å². The quantitative estimate of drug-likeness (QED) is 0.531. The molecule has 1 rings (SSSR count). The average molecular weight is 286 g/mol. The molecule has 110 valence electrons. The molecule has 9 heteroatoms. The largest absolute Gasteiger partial charge is 0.480 e. The lowest BCUT2D eigenvalue weighted by Crippen LogP contribution is -2.31. The molecule has 0 saturated carbocycles. The van der Waals surface area contributed by atoms with Crippen LogP contribution in [0.3, 0.4) is 0 Å². The fourth-order valence-electron chi connectivity index (χ4n) is 1.26. The summed E-state index contributed by atoms with van der Waals surface area (Å²) in [5.41, 5.74) is 0.824. The molecular weight excluding hydrogens is 272 g/mol. The molecule has 0 radical (unpaired) electrons. The molecule has 0 atom stereocenters. The van der Waals surface area contributed by atoms with Crippen LogP contribution in [0, 0.1) is 0 Å². The molecule has 9 nitrogen and oxygen atoms in total. The van der Waals surface area contributed by atoms with Crippen LogP contribution in [0.4, 0.5) is 4.79 Å². The lowest BCUT2D eigenvalue weighted by Gasteiger charge is -2.07. The van der Waals surface area contributed by atoms with E-state index >= 15 is 0 Å². The first-order valence-electron chi connectivity index (χ1n) is 5.54. The van der Waals surface area contributed by atoms with Crippen molar-refractivity contribution in [3.8, 4) is 5.75 Å². The maximum atomic E-state index is 11.2. The van der Waals surface area contributed by atoms with E-state index in [1.165, 1.54) is 12.1 Å². The summed E-state index contributed by atoms with van der Waals surface area (Å²) in [7, 11) is 0. The van der Waals surface area contributed by atoms with E-state index < -0.39 is 18.6 Å². The van der Waals surface area contributed by atoms with Crippen molar-refractivity contribution in [3.05, 3.63) is 29.8 Å². The summed E-state index contributed by atoms with van der Waals surface area (Å²) < 4.78 is 4.83. The van der Waals surface area contributed by atoms with Crippen LogP contribution in [0.2, 0.25) is 0 Å². The number of carbonyl (C=O) groups is 2. The van der Waals surface area contributed by atoms with Crippen molar-refractivity contribution in [3.63, 3.8) is 0 Å². The minimum absolute atomic E-state index is 0.0618. The predicted molar refractivity (Wildman–Crippen MR) is 63.2 cm³/mol. The highest BCUT2D eigenvalue weighted by molar-refractivity contribution is 5.77. The third-order valence-corrected chi connectivity index (χ3v) is 2.12. The molecule has 0 spiro atoms. The number of nitrogens with zero attached hydrogens (tertiary/aromatic N) is 1. The van der Waals surface area contributed by atoms with Crippen molar-refractivity contribution < 1.29 is 34.7 Å². The molecule has 1 aromatic carbocycles. The first-order chi connectivity index (χ1) is 9.47. The molecule has 0 aliphatic rings. The summed E-state index contributed by atoms with van der Waals surface area (Å²) in [5.74, 6) is -0.914. The molecule has 1 aromatic rings. The zero-order chi connectivity index (χ0) is 15.0. The van der Waals surface area contributed by atoms with Crippen molar-refractivity contribution in [2.75, 3.05) is 13.2 Å². The van der Waals surface area contributed by atoms with Gasteiger partial charge in [-0.1, -0.05) is 12.1 Å². The van der Waals surface area contributed by atoms with Crippen LogP contribution in [-0.2, 0) is 16.1 Å². The van der Waals surface area contributed by atoms with Gasteiger partial charge in [0.2, 0.25) is 0 Å². The topological polar surface area (TPSA) is 129 Å². The third kappa shape index (κ3) is 6.66. The van der Waals surface area contributed by atoms with Crippen LogP contribution in [-0.4, -0.2) is 46.1 Å². The Bertz CT molecular complexity index is 447. The minimum Gasteiger partial charge on any atom is -0.480 e. The predicted octanol–water partition coefficient (Wildman–Crippen LogP) is 0.414. The molecule has 0 heterocycles. The molecule has 0 bridgehead atoms. The number of carboxylic acids is 1. The van der Waals surface area contributed by atoms with Gasteiger partial charge in [0.05, 0.1) is 12.0 Å². The summed E-state index contributed by atoms with van der Waals surface area (Å²) in [6.45, 7) is -0.459. The van der Waals surface area contributed by atoms with Crippen LogP contribution < -0.4 is 10.1 Å². The Kier molecular flexibility index (Phi) is 6.40. The van der Waals surface area contributed by atoms with Gasteiger partial charge in [-0.2, -0.15) is 0 Å². The summed E-state index contributed by atoms with van der Waals surface area (Å²) in [5, 5.41) is 26.7. The number of amides is 1. The van der Waals surface area contributed by atoms with E-state index in [4.69, 9.17) is 20.3 Å². The Morgan fingerprint density at radius 2 is 1.85 bits per heavy atom. The molecule has 0 unspecified atom stereocenters. The Hall–Kier alpha value is -2.20. The fourth-order valence-corrected chi connectivity index (χ4v) is 1.26. The standard InChI is InChI=1S/C11H14N2O7/c14-10(15)7-12-11(16)20-9-3-1-8(2-4-9)5-6-19-13(17)18/h1-4,17-18H,5-7H2,(H,12,16)(H,14,15). The van der Waals surface area contributed by atoms with Gasteiger partial charge in [-0.05, 0) is 24.1 Å².